The summed E-state index contributed by atoms with van der Waals surface area (Å²) in [6.45, 7) is 6.42. The zero-order chi connectivity index (χ0) is 18.0. The lowest BCUT2D eigenvalue weighted by atomic mass is 10.1. The van der Waals surface area contributed by atoms with Gasteiger partial charge < -0.3 is 14.6 Å². The summed E-state index contributed by atoms with van der Waals surface area (Å²) in [5, 5.41) is 3.78. The lowest BCUT2D eigenvalue weighted by Gasteiger charge is -2.20. The van der Waals surface area contributed by atoms with Gasteiger partial charge in [-0.15, -0.1) is 11.6 Å². The Morgan fingerprint density at radius 3 is 2.76 bits per heavy atom. The number of alkyl halides is 1. The van der Waals surface area contributed by atoms with Gasteiger partial charge in [0.05, 0.1) is 29.7 Å². The zero-order valence-electron chi connectivity index (χ0n) is 14.5. The molecule has 3 rings (SSSR count). The number of pyridine rings is 1. The van der Waals surface area contributed by atoms with Gasteiger partial charge in [0, 0.05) is 10.9 Å². The molecule has 0 bridgehead atoms. The second kappa shape index (κ2) is 6.88. The van der Waals surface area contributed by atoms with Crippen LogP contribution in [-0.2, 0) is 17.2 Å². The summed E-state index contributed by atoms with van der Waals surface area (Å²) in [5.41, 5.74) is 2.31. The third-order valence-electron chi connectivity index (χ3n) is 3.70. The molecule has 0 unspecified atom stereocenters. The summed E-state index contributed by atoms with van der Waals surface area (Å²) < 4.78 is 7.29. The minimum atomic E-state index is -0.434. The van der Waals surface area contributed by atoms with Crippen LogP contribution in [0.2, 0.25) is 0 Å². The molecule has 1 amide bonds. The average Bonchev–Trinajstić information content (AvgIpc) is 2.91. The van der Waals surface area contributed by atoms with Gasteiger partial charge in [-0.05, 0) is 26.8 Å². The van der Waals surface area contributed by atoms with Crippen molar-refractivity contribution in [2.75, 3.05) is 6.61 Å². The first kappa shape index (κ1) is 17.5. The van der Waals surface area contributed by atoms with E-state index in [2.05, 4.69) is 15.3 Å². The fraction of sp³-hybridized carbons (Fsp3) is 0.389. The third kappa shape index (κ3) is 3.85. The molecule has 25 heavy (non-hydrogen) atoms. The molecule has 2 heterocycles. The average molecular weight is 361 g/mol. The number of imidazole rings is 1. The molecule has 1 aromatic carbocycles. The number of benzene rings is 1. The van der Waals surface area contributed by atoms with Gasteiger partial charge in [-0.3, -0.25) is 4.98 Å². The number of rotatable bonds is 4. The van der Waals surface area contributed by atoms with Crippen LogP contribution < -0.4 is 5.32 Å². The Morgan fingerprint density at radius 2 is 2.04 bits per heavy atom. The van der Waals surface area contributed by atoms with Crippen LogP contribution in [0.25, 0.3) is 21.9 Å². The number of carbonyl (C=O) groups is 1. The number of halogens is 1. The van der Waals surface area contributed by atoms with Gasteiger partial charge in [0.15, 0.2) is 0 Å². The lowest BCUT2D eigenvalue weighted by molar-refractivity contribution is 0.134. The number of aromatic nitrogens is 3. The van der Waals surface area contributed by atoms with Crippen molar-refractivity contribution in [1.82, 2.24) is 19.9 Å². The number of amides is 1. The van der Waals surface area contributed by atoms with Crippen molar-refractivity contribution in [3.63, 3.8) is 0 Å². The maximum atomic E-state index is 11.8. The molecule has 0 aliphatic carbocycles. The van der Waals surface area contributed by atoms with Crippen LogP contribution in [-0.4, -0.2) is 32.8 Å². The summed E-state index contributed by atoms with van der Waals surface area (Å²) in [7, 11) is 0. The van der Waals surface area contributed by atoms with Gasteiger partial charge >= 0.3 is 6.09 Å². The van der Waals surface area contributed by atoms with Crippen molar-refractivity contribution in [2.24, 2.45) is 0 Å². The van der Waals surface area contributed by atoms with E-state index in [1.165, 1.54) is 0 Å². The molecule has 132 valence electrons. The molecule has 0 saturated carbocycles. The fourth-order valence-electron chi connectivity index (χ4n) is 2.72. The number of carbonyl (C=O) groups excluding carboxylic acids is 1. The standard InChI is InChI=1S/C18H21ClN4O2/c1-18(2,3)22-17(24)25-9-8-23-15(10-19)21-14-11-20-13-7-5-4-6-12(13)16(14)23/h4-7,11H,8-10H2,1-3H3,(H,22,24). The first-order chi connectivity index (χ1) is 11.9. The minimum absolute atomic E-state index is 0.230. The highest BCUT2D eigenvalue weighted by molar-refractivity contribution is 6.17. The lowest BCUT2D eigenvalue weighted by Crippen LogP contribution is -2.41. The Morgan fingerprint density at radius 1 is 1.28 bits per heavy atom. The highest BCUT2D eigenvalue weighted by atomic mass is 35.5. The van der Waals surface area contributed by atoms with Crippen molar-refractivity contribution in [2.45, 2.75) is 38.7 Å². The van der Waals surface area contributed by atoms with Gasteiger partial charge in [-0.2, -0.15) is 0 Å². The van der Waals surface area contributed by atoms with Crippen molar-refractivity contribution < 1.29 is 9.53 Å². The number of hydrogen-bond acceptors (Lipinski definition) is 4. The number of fused-ring (bicyclic) bond motifs is 3. The number of hydrogen-bond donors (Lipinski definition) is 1. The van der Waals surface area contributed by atoms with Gasteiger partial charge in [-0.1, -0.05) is 18.2 Å². The largest absolute Gasteiger partial charge is 0.448 e. The monoisotopic (exact) mass is 360 g/mol. The van der Waals surface area contributed by atoms with Crippen LogP contribution in [0.15, 0.2) is 30.5 Å². The molecule has 0 aliphatic rings. The highest BCUT2D eigenvalue weighted by Gasteiger charge is 2.16. The van der Waals surface area contributed by atoms with Gasteiger partial charge in [0.1, 0.15) is 17.9 Å². The molecule has 0 radical (unpaired) electrons. The molecule has 7 heteroatoms. The van der Waals surface area contributed by atoms with E-state index in [1.807, 2.05) is 49.6 Å². The SMILES string of the molecule is CC(C)(C)NC(=O)OCCn1c(CCl)nc2cnc3ccccc3c21. The Kier molecular flexibility index (Phi) is 4.81. The van der Waals surface area contributed by atoms with Crippen LogP contribution in [0.4, 0.5) is 4.79 Å². The number of para-hydroxylation sites is 1. The Labute approximate surface area is 151 Å². The Hall–Kier alpha value is -2.34. The Balaban J connectivity index is 1.87. The van der Waals surface area contributed by atoms with E-state index in [0.29, 0.717) is 6.54 Å². The molecule has 0 fully saturated rings. The quantitative estimate of drug-likeness (QED) is 0.717. The molecule has 2 aromatic heterocycles. The van der Waals surface area contributed by atoms with E-state index < -0.39 is 6.09 Å². The van der Waals surface area contributed by atoms with E-state index >= 15 is 0 Å². The number of ether oxygens (including phenoxy) is 1. The number of nitrogens with zero attached hydrogens (tertiary/aromatic N) is 3. The second-order valence-corrected chi connectivity index (χ2v) is 7.10. The number of nitrogens with one attached hydrogen (secondary N) is 1. The fourth-order valence-corrected chi connectivity index (χ4v) is 2.93. The topological polar surface area (TPSA) is 69.0 Å². The van der Waals surface area contributed by atoms with Crippen LogP contribution in [0.5, 0.6) is 0 Å². The van der Waals surface area contributed by atoms with E-state index in [1.54, 1.807) is 6.20 Å². The normalized spacial score (nSPS) is 11.8. The molecule has 1 N–H and O–H groups in total. The molecule has 3 aromatic rings. The molecular formula is C18H21ClN4O2. The van der Waals surface area contributed by atoms with Gasteiger partial charge in [0.25, 0.3) is 0 Å². The summed E-state index contributed by atoms with van der Waals surface area (Å²) in [5.74, 6) is 1.01. The summed E-state index contributed by atoms with van der Waals surface area (Å²) in [4.78, 5) is 20.8. The molecular weight excluding hydrogens is 340 g/mol. The highest BCUT2D eigenvalue weighted by Crippen LogP contribution is 2.25. The van der Waals surface area contributed by atoms with Crippen molar-refractivity contribution in [1.29, 1.82) is 0 Å². The molecule has 6 nitrogen and oxygen atoms in total. The van der Waals surface area contributed by atoms with Gasteiger partial charge in [0.2, 0.25) is 0 Å². The molecule has 0 spiro atoms. The molecule has 0 atom stereocenters. The zero-order valence-corrected chi connectivity index (χ0v) is 15.3. The van der Waals surface area contributed by atoms with Crippen molar-refractivity contribution in [3.8, 4) is 0 Å². The van der Waals surface area contributed by atoms with E-state index in [4.69, 9.17) is 16.3 Å². The van der Waals surface area contributed by atoms with E-state index in [0.717, 1.165) is 27.8 Å². The maximum absolute atomic E-state index is 11.8. The predicted octanol–water partition coefficient (Wildman–Crippen LogP) is 3.85. The summed E-state index contributed by atoms with van der Waals surface area (Å²) in [6, 6.07) is 7.88. The van der Waals surface area contributed by atoms with Crippen molar-refractivity contribution >= 4 is 39.6 Å². The first-order valence-corrected chi connectivity index (χ1v) is 8.66. The number of alkyl carbamates (subject to hydrolysis) is 1. The Bertz CT molecular complexity index is 914. The van der Waals surface area contributed by atoms with Crippen LogP contribution >= 0.6 is 11.6 Å². The summed E-state index contributed by atoms with van der Waals surface area (Å²) >= 11 is 6.06. The van der Waals surface area contributed by atoms with Crippen LogP contribution in [0.3, 0.4) is 0 Å². The van der Waals surface area contributed by atoms with Crippen molar-refractivity contribution in [3.05, 3.63) is 36.3 Å². The van der Waals surface area contributed by atoms with E-state index in [-0.39, 0.29) is 18.0 Å². The third-order valence-corrected chi connectivity index (χ3v) is 3.94. The summed E-state index contributed by atoms with van der Waals surface area (Å²) in [6.07, 6.45) is 1.31. The second-order valence-electron chi connectivity index (χ2n) is 6.83. The predicted molar refractivity (Wildman–Crippen MR) is 98.8 cm³/mol. The first-order valence-electron chi connectivity index (χ1n) is 8.13. The maximum Gasteiger partial charge on any atom is 0.407 e. The smallest absolute Gasteiger partial charge is 0.407 e. The van der Waals surface area contributed by atoms with Gasteiger partial charge in [-0.25, -0.2) is 9.78 Å². The van der Waals surface area contributed by atoms with E-state index in [9.17, 15) is 4.79 Å². The van der Waals surface area contributed by atoms with Crippen LogP contribution in [0, 0.1) is 0 Å². The molecule has 0 aliphatic heterocycles. The minimum Gasteiger partial charge on any atom is -0.448 e. The molecule has 0 saturated heterocycles. The van der Waals surface area contributed by atoms with Crippen LogP contribution in [0.1, 0.15) is 26.6 Å².